The number of rotatable bonds is 1. The van der Waals surface area contributed by atoms with Crippen molar-refractivity contribution in [2.75, 3.05) is 13.8 Å². The van der Waals surface area contributed by atoms with Gasteiger partial charge in [0.15, 0.2) is 0 Å². The molecule has 3 nitrogen and oxygen atoms in total. The highest BCUT2D eigenvalue weighted by molar-refractivity contribution is 8.10. The first-order valence-electron chi connectivity index (χ1n) is 1.90. The van der Waals surface area contributed by atoms with Crippen LogP contribution in [0.3, 0.4) is 0 Å². The lowest BCUT2D eigenvalue weighted by Gasteiger charge is -2.04. The van der Waals surface area contributed by atoms with Gasteiger partial charge >= 0.3 is 0 Å². The van der Waals surface area contributed by atoms with Crippen molar-refractivity contribution < 1.29 is 4.84 Å². The molecule has 7 heavy (non-hydrogen) atoms. The fourth-order valence-electron chi connectivity index (χ4n) is 0.320. The van der Waals surface area contributed by atoms with Crippen LogP contribution >= 0.6 is 11.9 Å². The average molecular weight is 118 g/mol. The maximum atomic E-state index is 4.78. The Morgan fingerprint density at radius 1 is 2.00 bits per heavy atom. The van der Waals surface area contributed by atoms with Crippen molar-refractivity contribution in [2.45, 2.75) is 0 Å². The Kier molecular flexibility index (Phi) is 1.67. The lowest BCUT2D eigenvalue weighted by atomic mass is 11.2. The Balaban J connectivity index is 2.22. The average Bonchev–Trinajstić information content (AvgIpc) is 2.14. The summed E-state index contributed by atoms with van der Waals surface area (Å²) >= 11 is 1.46. The number of nitrogens with zero attached hydrogens (tertiary/aromatic N) is 2. The first-order valence-corrected chi connectivity index (χ1v) is 2.74. The quantitative estimate of drug-likeness (QED) is 0.469. The van der Waals surface area contributed by atoms with Crippen LogP contribution in [0.1, 0.15) is 0 Å². The molecule has 0 radical (unpaired) electrons. The lowest BCUT2D eigenvalue weighted by molar-refractivity contribution is -0.0314. The van der Waals surface area contributed by atoms with Crippen molar-refractivity contribution in [1.82, 2.24) is 4.47 Å². The third kappa shape index (κ3) is 1.15. The maximum absolute atomic E-state index is 4.78. The fourth-order valence-corrected chi connectivity index (χ4v) is 0.778. The van der Waals surface area contributed by atoms with E-state index in [2.05, 4.69) is 4.99 Å². The van der Waals surface area contributed by atoms with Crippen LogP contribution in [0.2, 0.25) is 0 Å². The van der Waals surface area contributed by atoms with Gasteiger partial charge in [0.25, 0.3) is 0 Å². The number of hydroxylamine groups is 1. The van der Waals surface area contributed by atoms with E-state index in [0.717, 1.165) is 0 Å². The molecule has 0 unspecified atom stereocenters. The molecule has 1 aliphatic rings. The Labute approximate surface area is 46.4 Å². The molecule has 0 atom stereocenters. The highest BCUT2D eigenvalue weighted by atomic mass is 32.2. The minimum absolute atomic E-state index is 0.654. The fraction of sp³-hybridized carbons (Fsp3) is 0.667. The van der Waals surface area contributed by atoms with E-state index in [1.807, 2.05) is 0 Å². The predicted octanol–water partition coefficient (Wildman–Crippen LogP) is 0.497. The minimum atomic E-state index is 0.654. The molecule has 1 rings (SSSR count). The predicted molar refractivity (Wildman–Crippen MR) is 29.8 cm³/mol. The zero-order valence-electron chi connectivity index (χ0n) is 4.00. The van der Waals surface area contributed by atoms with Crippen LogP contribution < -0.4 is 0 Å². The van der Waals surface area contributed by atoms with Gasteiger partial charge in [-0.1, -0.05) is 0 Å². The largest absolute Gasteiger partial charge is 0.290 e. The van der Waals surface area contributed by atoms with Gasteiger partial charge in [0.2, 0.25) is 0 Å². The smallest absolute Gasteiger partial charge is 0.127 e. The zero-order chi connectivity index (χ0) is 5.11. The van der Waals surface area contributed by atoms with Gasteiger partial charge in [0.1, 0.15) is 6.67 Å². The molecule has 0 aliphatic carbocycles. The molecule has 0 bridgehead atoms. The third-order valence-corrected chi connectivity index (χ3v) is 1.38. The van der Waals surface area contributed by atoms with E-state index in [9.17, 15) is 0 Å². The van der Waals surface area contributed by atoms with E-state index in [-0.39, 0.29) is 0 Å². The van der Waals surface area contributed by atoms with Crippen LogP contribution in [-0.2, 0) is 4.84 Å². The Morgan fingerprint density at radius 3 is 3.14 bits per heavy atom. The van der Waals surface area contributed by atoms with Crippen molar-refractivity contribution in [2.24, 2.45) is 4.99 Å². The van der Waals surface area contributed by atoms with E-state index >= 15 is 0 Å². The highest BCUT2D eigenvalue weighted by Crippen LogP contribution is 2.10. The van der Waals surface area contributed by atoms with E-state index in [4.69, 9.17) is 4.84 Å². The topological polar surface area (TPSA) is 24.8 Å². The van der Waals surface area contributed by atoms with E-state index in [1.54, 1.807) is 17.1 Å². The molecule has 0 fully saturated rings. The summed E-state index contributed by atoms with van der Waals surface area (Å²) in [6.45, 7) is 0.654. The second kappa shape index (κ2) is 2.30. The number of hydrogen-bond acceptors (Lipinski definition) is 4. The second-order valence-electron chi connectivity index (χ2n) is 1.05. The summed E-state index contributed by atoms with van der Waals surface area (Å²) in [4.78, 5) is 8.66. The molecule has 4 heteroatoms. The van der Waals surface area contributed by atoms with Gasteiger partial charge < -0.3 is 0 Å². The summed E-state index contributed by atoms with van der Waals surface area (Å²) < 4.78 is 1.68. The lowest BCUT2D eigenvalue weighted by Crippen LogP contribution is -2.08. The first kappa shape index (κ1) is 5.08. The monoisotopic (exact) mass is 118 g/mol. The van der Waals surface area contributed by atoms with Gasteiger partial charge in [0.05, 0.1) is 12.7 Å². The standard InChI is InChI=1S/C3H6N2OS/c1-6-5-2-4-3-7-5/h3H,2H2,1H3. The summed E-state index contributed by atoms with van der Waals surface area (Å²) in [7, 11) is 1.63. The van der Waals surface area contributed by atoms with Gasteiger partial charge in [-0.2, -0.15) is 0 Å². The highest BCUT2D eigenvalue weighted by Gasteiger charge is 2.04. The summed E-state index contributed by atoms with van der Waals surface area (Å²) in [6.07, 6.45) is 0. The van der Waals surface area contributed by atoms with Crippen molar-refractivity contribution in [3.63, 3.8) is 0 Å². The second-order valence-corrected chi connectivity index (χ2v) is 1.88. The van der Waals surface area contributed by atoms with Crippen LogP contribution in [0.25, 0.3) is 0 Å². The number of aliphatic imine (C=N–C) groups is 1. The van der Waals surface area contributed by atoms with Crippen LogP contribution in [0, 0.1) is 0 Å². The zero-order valence-corrected chi connectivity index (χ0v) is 4.81. The Morgan fingerprint density at radius 2 is 2.86 bits per heavy atom. The first-order chi connectivity index (χ1) is 3.43. The molecule has 0 N–H and O–H groups in total. The molecule has 0 saturated carbocycles. The summed E-state index contributed by atoms with van der Waals surface area (Å²) in [6, 6.07) is 0. The van der Waals surface area contributed by atoms with Gasteiger partial charge in [-0.25, -0.2) is 0 Å². The van der Waals surface area contributed by atoms with Crippen LogP contribution in [-0.4, -0.2) is 23.8 Å². The van der Waals surface area contributed by atoms with Gasteiger partial charge in [-0.3, -0.25) is 9.83 Å². The molecule has 0 aromatic rings. The maximum Gasteiger partial charge on any atom is 0.127 e. The van der Waals surface area contributed by atoms with E-state index in [1.165, 1.54) is 11.9 Å². The summed E-state index contributed by atoms with van der Waals surface area (Å²) in [5, 5.41) is 0. The molecular weight excluding hydrogens is 112 g/mol. The van der Waals surface area contributed by atoms with E-state index in [0.29, 0.717) is 6.67 Å². The van der Waals surface area contributed by atoms with Crippen molar-refractivity contribution in [1.29, 1.82) is 0 Å². The van der Waals surface area contributed by atoms with Gasteiger partial charge in [-0.15, -0.1) is 4.47 Å². The molecular formula is C3H6N2OS. The molecule has 0 aromatic heterocycles. The van der Waals surface area contributed by atoms with Crippen molar-refractivity contribution >= 4 is 17.5 Å². The Hall–Kier alpha value is -0.0600. The SMILES string of the molecule is CON1CN=CS1. The molecule has 0 spiro atoms. The minimum Gasteiger partial charge on any atom is -0.290 e. The molecule has 1 heterocycles. The van der Waals surface area contributed by atoms with Crippen molar-refractivity contribution in [3.05, 3.63) is 0 Å². The number of hydrogen-bond donors (Lipinski definition) is 0. The molecule has 0 aromatic carbocycles. The van der Waals surface area contributed by atoms with Crippen LogP contribution in [0.4, 0.5) is 0 Å². The van der Waals surface area contributed by atoms with Crippen molar-refractivity contribution in [3.8, 4) is 0 Å². The normalized spacial score (nSPS) is 21.3. The molecule has 40 valence electrons. The Bertz CT molecular complexity index is 77.0. The molecule has 0 saturated heterocycles. The van der Waals surface area contributed by atoms with Gasteiger partial charge in [-0.05, 0) is 11.9 Å². The summed E-state index contributed by atoms with van der Waals surface area (Å²) in [5.74, 6) is 0. The molecule has 1 aliphatic heterocycles. The van der Waals surface area contributed by atoms with Crippen LogP contribution in [0.15, 0.2) is 4.99 Å². The molecule has 0 amide bonds. The van der Waals surface area contributed by atoms with E-state index < -0.39 is 0 Å². The van der Waals surface area contributed by atoms with Gasteiger partial charge in [0, 0.05) is 0 Å². The van der Waals surface area contributed by atoms with Crippen LogP contribution in [0.5, 0.6) is 0 Å². The third-order valence-electron chi connectivity index (χ3n) is 0.640. The summed E-state index contributed by atoms with van der Waals surface area (Å²) in [5.41, 5.74) is 1.75.